The molecule has 2 atom stereocenters. The van der Waals surface area contributed by atoms with E-state index in [9.17, 15) is 27.6 Å². The molecular weight excluding hydrogens is 317 g/mol. The number of aromatic amines is 1. The zero-order valence-corrected chi connectivity index (χ0v) is 12.6. The lowest BCUT2D eigenvalue weighted by atomic mass is 9.98. The van der Waals surface area contributed by atoms with Crippen molar-refractivity contribution in [1.82, 2.24) is 19.8 Å². The number of amides is 1. The van der Waals surface area contributed by atoms with E-state index in [-0.39, 0.29) is 24.9 Å². The molecule has 1 saturated heterocycles. The fourth-order valence-electron chi connectivity index (χ4n) is 2.67. The molecule has 1 aliphatic rings. The van der Waals surface area contributed by atoms with Gasteiger partial charge in [-0.05, 0) is 19.9 Å². The summed E-state index contributed by atoms with van der Waals surface area (Å²) in [4.78, 5) is 38.1. The van der Waals surface area contributed by atoms with Crippen LogP contribution >= 0.6 is 0 Å². The minimum absolute atomic E-state index is 0.0274. The van der Waals surface area contributed by atoms with Crippen molar-refractivity contribution in [3.8, 4) is 0 Å². The fourth-order valence-corrected chi connectivity index (χ4v) is 2.67. The van der Waals surface area contributed by atoms with E-state index in [1.54, 1.807) is 0 Å². The monoisotopic (exact) mass is 334 g/mol. The Labute approximate surface area is 129 Å². The highest BCUT2D eigenvalue weighted by molar-refractivity contribution is 5.93. The minimum atomic E-state index is -4.31. The van der Waals surface area contributed by atoms with Crippen LogP contribution in [0.2, 0.25) is 0 Å². The summed E-state index contributed by atoms with van der Waals surface area (Å²) in [5, 5.41) is 2.54. The van der Waals surface area contributed by atoms with Crippen molar-refractivity contribution in [2.24, 2.45) is 7.05 Å². The Kier molecular flexibility index (Phi) is 4.64. The highest BCUT2D eigenvalue weighted by atomic mass is 19.4. The lowest BCUT2D eigenvalue weighted by Crippen LogP contribution is -2.55. The molecule has 0 spiro atoms. The summed E-state index contributed by atoms with van der Waals surface area (Å²) in [6.07, 6.45) is -3.18. The summed E-state index contributed by atoms with van der Waals surface area (Å²) in [7, 11) is 2.72. The van der Waals surface area contributed by atoms with Crippen LogP contribution in [0, 0.1) is 0 Å². The Hall–Kier alpha value is -2.10. The number of piperidine rings is 1. The average molecular weight is 334 g/mol. The molecule has 0 aliphatic carbocycles. The third-order valence-corrected chi connectivity index (χ3v) is 3.89. The lowest BCUT2D eigenvalue weighted by molar-refractivity contribution is -0.188. The first-order valence-electron chi connectivity index (χ1n) is 6.97. The summed E-state index contributed by atoms with van der Waals surface area (Å²) >= 11 is 0. The number of H-pyrrole nitrogens is 1. The standard InChI is InChI=1S/C13H17F3N4O3/c1-19-5-7(3-4-9(19)13(14,15)16)17-10(21)8-6-20(2)12(23)18-11(8)22/h6-7,9H,3-5H2,1-2H3,(H,17,21)(H,18,22,23)/t7-,9-/m1/s1. The molecule has 1 amide bonds. The topological polar surface area (TPSA) is 87.2 Å². The van der Waals surface area contributed by atoms with Gasteiger partial charge in [-0.3, -0.25) is 19.5 Å². The van der Waals surface area contributed by atoms with Gasteiger partial charge in [0.15, 0.2) is 0 Å². The molecule has 1 aliphatic heterocycles. The number of nitrogens with zero attached hydrogens (tertiary/aromatic N) is 2. The summed E-state index contributed by atoms with van der Waals surface area (Å²) in [5.74, 6) is -0.717. The second kappa shape index (κ2) is 6.19. The second-order valence-corrected chi connectivity index (χ2v) is 5.66. The zero-order chi connectivity index (χ0) is 17.4. The number of carbonyl (C=O) groups is 1. The number of hydrogen-bond donors (Lipinski definition) is 2. The van der Waals surface area contributed by atoms with Crippen LogP contribution in [0.1, 0.15) is 23.2 Å². The predicted octanol–water partition coefficient (Wildman–Crippen LogP) is -0.172. The van der Waals surface area contributed by atoms with E-state index in [2.05, 4.69) is 5.32 Å². The van der Waals surface area contributed by atoms with Crippen LogP contribution in [0.15, 0.2) is 15.8 Å². The second-order valence-electron chi connectivity index (χ2n) is 5.66. The maximum Gasteiger partial charge on any atom is 0.404 e. The molecule has 2 heterocycles. The first-order chi connectivity index (χ1) is 10.6. The number of likely N-dealkylation sites (tertiary alicyclic amines) is 1. The lowest BCUT2D eigenvalue weighted by Gasteiger charge is -2.38. The molecule has 10 heteroatoms. The van der Waals surface area contributed by atoms with Crippen LogP contribution in [-0.2, 0) is 7.05 Å². The zero-order valence-electron chi connectivity index (χ0n) is 12.6. The molecule has 1 aromatic rings. The van der Waals surface area contributed by atoms with E-state index >= 15 is 0 Å². The van der Waals surface area contributed by atoms with Crippen molar-refractivity contribution in [2.45, 2.75) is 31.1 Å². The minimum Gasteiger partial charge on any atom is -0.348 e. The summed E-state index contributed by atoms with van der Waals surface area (Å²) in [6.45, 7) is 0.0274. The van der Waals surface area contributed by atoms with E-state index in [1.807, 2.05) is 4.98 Å². The molecule has 0 aromatic carbocycles. The molecule has 7 nitrogen and oxygen atoms in total. The molecule has 2 N–H and O–H groups in total. The molecule has 0 bridgehead atoms. The summed E-state index contributed by atoms with van der Waals surface area (Å²) in [6, 6.07) is -2.03. The quantitative estimate of drug-likeness (QED) is 0.786. The van der Waals surface area contributed by atoms with Crippen molar-refractivity contribution in [3.63, 3.8) is 0 Å². The van der Waals surface area contributed by atoms with Gasteiger partial charge in [-0.2, -0.15) is 13.2 Å². The molecular formula is C13H17F3N4O3. The summed E-state index contributed by atoms with van der Waals surface area (Å²) < 4.78 is 39.4. The van der Waals surface area contributed by atoms with Crippen LogP contribution < -0.4 is 16.6 Å². The number of halogens is 3. The third-order valence-electron chi connectivity index (χ3n) is 3.89. The summed E-state index contributed by atoms with van der Waals surface area (Å²) in [5.41, 5.74) is -1.74. The van der Waals surface area contributed by atoms with Crippen molar-refractivity contribution in [2.75, 3.05) is 13.6 Å². The number of nitrogens with one attached hydrogen (secondary N) is 2. The maximum absolute atomic E-state index is 12.8. The smallest absolute Gasteiger partial charge is 0.348 e. The number of aryl methyl sites for hydroxylation is 1. The molecule has 1 fully saturated rings. The van der Waals surface area contributed by atoms with Gasteiger partial charge in [0.25, 0.3) is 11.5 Å². The van der Waals surface area contributed by atoms with Crippen molar-refractivity contribution >= 4 is 5.91 Å². The van der Waals surface area contributed by atoms with E-state index in [4.69, 9.17) is 0 Å². The molecule has 0 unspecified atom stereocenters. The van der Waals surface area contributed by atoms with Crippen LogP contribution in [0.3, 0.4) is 0 Å². The SMILES string of the molecule is CN1C[C@H](NC(=O)c2cn(C)c(=O)[nH]c2=O)CC[C@@H]1C(F)(F)F. The third kappa shape index (κ3) is 3.81. The van der Waals surface area contributed by atoms with Gasteiger partial charge in [-0.25, -0.2) is 4.79 Å². The number of likely N-dealkylation sites (N-methyl/N-ethyl adjacent to an activating group) is 1. The molecule has 0 radical (unpaired) electrons. The Morgan fingerprint density at radius 3 is 2.52 bits per heavy atom. The molecule has 1 aromatic heterocycles. The highest BCUT2D eigenvalue weighted by Crippen LogP contribution is 2.30. The van der Waals surface area contributed by atoms with Crippen molar-refractivity contribution in [3.05, 3.63) is 32.6 Å². The Bertz CT molecular complexity index is 710. The largest absolute Gasteiger partial charge is 0.404 e. The number of hydrogen-bond acceptors (Lipinski definition) is 4. The first-order valence-corrected chi connectivity index (χ1v) is 6.97. The van der Waals surface area contributed by atoms with E-state index < -0.39 is 35.4 Å². The van der Waals surface area contributed by atoms with E-state index in [0.29, 0.717) is 0 Å². The van der Waals surface area contributed by atoms with Gasteiger partial charge in [-0.15, -0.1) is 0 Å². The average Bonchev–Trinajstić information content (AvgIpc) is 2.41. The molecule has 2 rings (SSSR count). The van der Waals surface area contributed by atoms with Gasteiger partial charge < -0.3 is 9.88 Å². The van der Waals surface area contributed by atoms with E-state index in [0.717, 1.165) is 15.7 Å². The van der Waals surface area contributed by atoms with Gasteiger partial charge in [0.1, 0.15) is 11.6 Å². The van der Waals surface area contributed by atoms with Gasteiger partial charge in [0.05, 0.1) is 0 Å². The number of alkyl halides is 3. The van der Waals surface area contributed by atoms with Gasteiger partial charge in [0, 0.05) is 25.8 Å². The van der Waals surface area contributed by atoms with Crippen LogP contribution in [-0.4, -0.2) is 52.2 Å². The number of rotatable bonds is 2. The Balaban J connectivity index is 2.07. The predicted molar refractivity (Wildman–Crippen MR) is 75.3 cm³/mol. The Morgan fingerprint density at radius 2 is 1.96 bits per heavy atom. The van der Waals surface area contributed by atoms with Crippen molar-refractivity contribution < 1.29 is 18.0 Å². The maximum atomic E-state index is 12.8. The molecule has 0 saturated carbocycles. The highest BCUT2D eigenvalue weighted by Gasteiger charge is 2.44. The van der Waals surface area contributed by atoms with Crippen LogP contribution in [0.5, 0.6) is 0 Å². The van der Waals surface area contributed by atoms with Gasteiger partial charge in [0.2, 0.25) is 0 Å². The molecule has 128 valence electrons. The molecule has 23 heavy (non-hydrogen) atoms. The van der Waals surface area contributed by atoms with Crippen LogP contribution in [0.25, 0.3) is 0 Å². The van der Waals surface area contributed by atoms with Gasteiger partial charge >= 0.3 is 11.9 Å². The Morgan fingerprint density at radius 1 is 1.30 bits per heavy atom. The van der Waals surface area contributed by atoms with E-state index in [1.165, 1.54) is 14.1 Å². The number of carbonyl (C=O) groups excluding carboxylic acids is 1. The van der Waals surface area contributed by atoms with Crippen LogP contribution in [0.4, 0.5) is 13.2 Å². The number of aromatic nitrogens is 2. The first kappa shape index (κ1) is 17.3. The fraction of sp³-hybridized carbons (Fsp3) is 0.615. The van der Waals surface area contributed by atoms with Gasteiger partial charge in [-0.1, -0.05) is 0 Å². The van der Waals surface area contributed by atoms with Crippen molar-refractivity contribution in [1.29, 1.82) is 0 Å². The normalized spacial score (nSPS) is 22.8.